The summed E-state index contributed by atoms with van der Waals surface area (Å²) in [6.07, 6.45) is 6.86. The summed E-state index contributed by atoms with van der Waals surface area (Å²) in [5.74, 6) is 0.170. The number of rotatable bonds is 4. The van der Waals surface area contributed by atoms with Gasteiger partial charge in [-0.25, -0.2) is 4.98 Å². The van der Waals surface area contributed by atoms with E-state index in [0.29, 0.717) is 22.8 Å². The van der Waals surface area contributed by atoms with Gasteiger partial charge in [-0.3, -0.25) is 19.6 Å². The third-order valence-electron chi connectivity index (χ3n) is 4.15. The van der Waals surface area contributed by atoms with Crippen molar-refractivity contribution >= 4 is 11.7 Å². The predicted molar refractivity (Wildman–Crippen MR) is 101 cm³/mol. The van der Waals surface area contributed by atoms with Crippen molar-refractivity contribution in [3.05, 3.63) is 66.4 Å². The smallest absolute Gasteiger partial charge is 0.260 e. The summed E-state index contributed by atoms with van der Waals surface area (Å²) < 4.78 is 1.74. The first kappa shape index (κ1) is 16.6. The second-order valence-electron chi connectivity index (χ2n) is 6.06. The van der Waals surface area contributed by atoms with E-state index in [1.54, 1.807) is 23.1 Å². The first-order valence-electron chi connectivity index (χ1n) is 8.34. The molecule has 0 fully saturated rings. The van der Waals surface area contributed by atoms with Crippen LogP contribution in [0.2, 0.25) is 0 Å². The van der Waals surface area contributed by atoms with Gasteiger partial charge < -0.3 is 5.32 Å². The van der Waals surface area contributed by atoms with Gasteiger partial charge >= 0.3 is 0 Å². The number of aromatic nitrogens is 6. The lowest BCUT2D eigenvalue weighted by Gasteiger charge is -2.08. The lowest BCUT2D eigenvalue weighted by Crippen LogP contribution is -2.14. The number of nitrogens with one attached hydrogen (secondary N) is 2. The zero-order valence-corrected chi connectivity index (χ0v) is 14.8. The average Bonchev–Trinajstić information content (AvgIpc) is 3.32. The van der Waals surface area contributed by atoms with Crippen molar-refractivity contribution in [2.75, 3.05) is 5.32 Å². The minimum atomic E-state index is -0.301. The quantitative estimate of drug-likeness (QED) is 0.583. The van der Waals surface area contributed by atoms with E-state index in [1.165, 1.54) is 6.20 Å². The van der Waals surface area contributed by atoms with Crippen LogP contribution in [-0.4, -0.2) is 35.9 Å². The number of hydrogen-bond donors (Lipinski definition) is 2. The summed E-state index contributed by atoms with van der Waals surface area (Å²) in [5.41, 5.74) is 4.38. The van der Waals surface area contributed by atoms with Gasteiger partial charge in [0.15, 0.2) is 0 Å². The number of H-pyrrole nitrogens is 1. The van der Waals surface area contributed by atoms with E-state index in [1.807, 2.05) is 44.4 Å². The van der Waals surface area contributed by atoms with Gasteiger partial charge in [0, 0.05) is 36.3 Å². The molecule has 8 heteroatoms. The fraction of sp³-hybridized carbons (Fsp3) is 0.105. The minimum Gasteiger partial charge on any atom is -0.306 e. The van der Waals surface area contributed by atoms with Crippen LogP contribution in [0.25, 0.3) is 22.5 Å². The second-order valence-corrected chi connectivity index (χ2v) is 6.06. The van der Waals surface area contributed by atoms with Gasteiger partial charge in [0.2, 0.25) is 0 Å². The number of anilines is 1. The molecule has 4 rings (SSSR count). The van der Waals surface area contributed by atoms with E-state index in [-0.39, 0.29) is 5.91 Å². The summed E-state index contributed by atoms with van der Waals surface area (Å²) in [5, 5.41) is 13.8. The normalized spacial score (nSPS) is 10.7. The number of nitrogens with zero attached hydrogens (tertiary/aromatic N) is 5. The van der Waals surface area contributed by atoms with Gasteiger partial charge in [0.05, 0.1) is 29.3 Å². The van der Waals surface area contributed by atoms with Gasteiger partial charge in [-0.15, -0.1) is 0 Å². The maximum absolute atomic E-state index is 12.7. The highest BCUT2D eigenvalue weighted by molar-refractivity contribution is 6.07. The van der Waals surface area contributed by atoms with Crippen LogP contribution >= 0.6 is 0 Å². The number of carbonyl (C=O) groups is 1. The Hall–Kier alpha value is -3.81. The molecule has 1 amide bonds. The molecule has 0 aliphatic carbocycles. The maximum atomic E-state index is 12.7. The Balaban J connectivity index is 1.58. The molecule has 4 heterocycles. The monoisotopic (exact) mass is 359 g/mol. The highest BCUT2D eigenvalue weighted by Crippen LogP contribution is 2.24. The molecule has 0 aliphatic heterocycles. The lowest BCUT2D eigenvalue weighted by atomic mass is 10.1. The molecule has 27 heavy (non-hydrogen) atoms. The summed E-state index contributed by atoms with van der Waals surface area (Å²) in [6, 6.07) is 9.18. The number of aromatic amines is 1. The van der Waals surface area contributed by atoms with Crippen LogP contribution in [0.15, 0.2) is 55.1 Å². The first-order valence-corrected chi connectivity index (χ1v) is 8.34. The molecule has 4 aromatic heterocycles. The molecule has 0 atom stereocenters. The molecular formula is C19H17N7O. The van der Waals surface area contributed by atoms with Gasteiger partial charge in [0.1, 0.15) is 5.82 Å². The second kappa shape index (κ2) is 6.83. The highest BCUT2D eigenvalue weighted by atomic mass is 16.1. The number of aryl methyl sites for hydroxylation is 2. The third-order valence-corrected chi connectivity index (χ3v) is 4.15. The fourth-order valence-corrected chi connectivity index (χ4v) is 2.84. The minimum absolute atomic E-state index is 0.301. The van der Waals surface area contributed by atoms with Gasteiger partial charge in [0.25, 0.3) is 5.91 Å². The molecule has 0 saturated carbocycles. The van der Waals surface area contributed by atoms with E-state index in [0.717, 1.165) is 16.8 Å². The Morgan fingerprint density at radius 2 is 2.07 bits per heavy atom. The van der Waals surface area contributed by atoms with Crippen LogP contribution in [0.4, 0.5) is 5.82 Å². The molecule has 8 nitrogen and oxygen atoms in total. The van der Waals surface area contributed by atoms with Crippen LogP contribution in [0.1, 0.15) is 16.1 Å². The molecule has 0 radical (unpaired) electrons. The molecule has 0 spiro atoms. The van der Waals surface area contributed by atoms with Gasteiger partial charge in [-0.05, 0) is 31.2 Å². The van der Waals surface area contributed by atoms with Crippen LogP contribution in [-0.2, 0) is 7.05 Å². The van der Waals surface area contributed by atoms with Crippen LogP contribution in [0, 0.1) is 6.92 Å². The third kappa shape index (κ3) is 3.32. The molecule has 2 N–H and O–H groups in total. The summed E-state index contributed by atoms with van der Waals surface area (Å²) in [6.45, 7) is 1.90. The molecule has 0 aromatic carbocycles. The first-order chi connectivity index (χ1) is 13.1. The van der Waals surface area contributed by atoms with Crippen LogP contribution < -0.4 is 5.32 Å². The van der Waals surface area contributed by atoms with Gasteiger partial charge in [-0.1, -0.05) is 6.07 Å². The topological polar surface area (TPSA) is 101 Å². The Labute approximate surface area is 155 Å². The zero-order valence-electron chi connectivity index (χ0n) is 14.8. The molecular weight excluding hydrogens is 342 g/mol. The van der Waals surface area contributed by atoms with Crippen molar-refractivity contribution < 1.29 is 4.79 Å². The zero-order chi connectivity index (χ0) is 18.8. The molecule has 0 saturated heterocycles. The van der Waals surface area contributed by atoms with E-state index in [2.05, 4.69) is 30.6 Å². The van der Waals surface area contributed by atoms with Crippen molar-refractivity contribution in [1.82, 2.24) is 29.9 Å². The van der Waals surface area contributed by atoms with Gasteiger partial charge in [-0.2, -0.15) is 10.2 Å². The van der Waals surface area contributed by atoms with Crippen LogP contribution in [0.3, 0.4) is 0 Å². The van der Waals surface area contributed by atoms with Crippen LogP contribution in [0.5, 0.6) is 0 Å². The van der Waals surface area contributed by atoms with Crippen molar-refractivity contribution in [1.29, 1.82) is 0 Å². The maximum Gasteiger partial charge on any atom is 0.260 e. The fourth-order valence-electron chi connectivity index (χ4n) is 2.84. The lowest BCUT2D eigenvalue weighted by molar-refractivity contribution is 0.102. The van der Waals surface area contributed by atoms with E-state index in [4.69, 9.17) is 0 Å². The summed E-state index contributed by atoms with van der Waals surface area (Å²) >= 11 is 0. The van der Waals surface area contributed by atoms with E-state index >= 15 is 0 Å². The SMILES string of the molecule is Cc1nc(NC(=O)c2cn[nH]c2-c2ccccn2)ccc1-c1cnn(C)c1. The Morgan fingerprint density at radius 3 is 2.78 bits per heavy atom. The van der Waals surface area contributed by atoms with Crippen molar-refractivity contribution in [3.63, 3.8) is 0 Å². The molecule has 4 aromatic rings. The molecule has 0 unspecified atom stereocenters. The number of carbonyl (C=O) groups excluding carboxylic acids is 1. The highest BCUT2D eigenvalue weighted by Gasteiger charge is 2.17. The molecule has 0 aliphatic rings. The molecule has 0 bridgehead atoms. The van der Waals surface area contributed by atoms with Crippen molar-refractivity contribution in [2.45, 2.75) is 6.92 Å². The Morgan fingerprint density at radius 1 is 1.19 bits per heavy atom. The van der Waals surface area contributed by atoms with E-state index < -0.39 is 0 Å². The summed E-state index contributed by atoms with van der Waals surface area (Å²) in [4.78, 5) is 21.4. The number of pyridine rings is 2. The largest absolute Gasteiger partial charge is 0.306 e. The summed E-state index contributed by atoms with van der Waals surface area (Å²) in [7, 11) is 1.87. The van der Waals surface area contributed by atoms with Crippen molar-refractivity contribution in [2.24, 2.45) is 7.05 Å². The average molecular weight is 359 g/mol. The standard InChI is InChI=1S/C19H17N7O/c1-12-14(13-9-22-26(2)11-13)6-7-17(23-12)24-19(27)15-10-21-25-18(15)16-5-3-4-8-20-16/h3-11H,1-2H3,(H,21,25)(H,23,24,27). The number of amides is 1. The predicted octanol–water partition coefficient (Wildman–Crippen LogP) is 2.83. The Bertz CT molecular complexity index is 1100. The number of hydrogen-bond acceptors (Lipinski definition) is 5. The van der Waals surface area contributed by atoms with E-state index in [9.17, 15) is 4.79 Å². The molecule has 134 valence electrons. The van der Waals surface area contributed by atoms with Crippen molar-refractivity contribution in [3.8, 4) is 22.5 Å². The Kier molecular flexibility index (Phi) is 4.21.